The van der Waals surface area contributed by atoms with Crippen LogP contribution in [-0.4, -0.2) is 18.6 Å². The first-order valence-corrected chi connectivity index (χ1v) is 7.63. The van der Waals surface area contributed by atoms with Crippen molar-refractivity contribution in [1.82, 2.24) is 10.6 Å². The Balaban J connectivity index is 2.40. The first-order valence-electron chi connectivity index (χ1n) is 6.84. The summed E-state index contributed by atoms with van der Waals surface area (Å²) < 4.78 is 18.8. The van der Waals surface area contributed by atoms with Crippen molar-refractivity contribution >= 4 is 27.9 Å². The molecule has 7 heteroatoms. The average Bonchev–Trinajstić information content (AvgIpc) is 2.46. The van der Waals surface area contributed by atoms with Gasteiger partial charge in [0.15, 0.2) is 0 Å². The van der Waals surface area contributed by atoms with Crippen molar-refractivity contribution in [2.24, 2.45) is 0 Å². The predicted octanol–water partition coefficient (Wildman–Crippen LogP) is 3.17. The SMILES string of the molecule is CCCOC(=O)C1=C(C)NC(=O)N[C@@H]1c1ccc(F)c(Br)c1. The molecular formula is C15H16BrFN2O3. The number of hydrogen-bond acceptors (Lipinski definition) is 3. The van der Waals surface area contributed by atoms with E-state index in [1.54, 1.807) is 6.92 Å². The first-order chi connectivity index (χ1) is 10.4. The fourth-order valence-corrected chi connectivity index (χ4v) is 2.58. The van der Waals surface area contributed by atoms with Crippen LogP contribution in [0.4, 0.5) is 9.18 Å². The number of hydrogen-bond donors (Lipinski definition) is 2. The molecule has 1 aliphatic heterocycles. The maximum absolute atomic E-state index is 13.4. The Morgan fingerprint density at radius 2 is 2.18 bits per heavy atom. The molecule has 1 aromatic carbocycles. The van der Waals surface area contributed by atoms with Gasteiger partial charge in [-0.2, -0.15) is 0 Å². The second-order valence-corrected chi connectivity index (χ2v) is 5.73. The molecule has 5 nitrogen and oxygen atoms in total. The van der Waals surface area contributed by atoms with Crippen molar-refractivity contribution < 1.29 is 18.7 Å². The molecule has 0 saturated carbocycles. The van der Waals surface area contributed by atoms with Crippen LogP contribution in [0.3, 0.4) is 0 Å². The molecule has 118 valence electrons. The van der Waals surface area contributed by atoms with Crippen LogP contribution in [-0.2, 0) is 9.53 Å². The van der Waals surface area contributed by atoms with Crippen LogP contribution in [0.25, 0.3) is 0 Å². The zero-order valence-corrected chi connectivity index (χ0v) is 13.8. The third-order valence-electron chi connectivity index (χ3n) is 3.20. The molecule has 0 bridgehead atoms. The van der Waals surface area contributed by atoms with Crippen molar-refractivity contribution in [3.63, 3.8) is 0 Å². The summed E-state index contributed by atoms with van der Waals surface area (Å²) >= 11 is 3.11. The quantitative estimate of drug-likeness (QED) is 0.799. The van der Waals surface area contributed by atoms with Crippen LogP contribution in [0.1, 0.15) is 31.9 Å². The summed E-state index contributed by atoms with van der Waals surface area (Å²) in [4.78, 5) is 23.9. The molecule has 1 aromatic rings. The number of urea groups is 1. The summed E-state index contributed by atoms with van der Waals surface area (Å²) in [5, 5.41) is 5.22. The molecule has 2 amide bonds. The number of benzene rings is 1. The van der Waals surface area contributed by atoms with Crippen LogP contribution in [0.5, 0.6) is 0 Å². The van der Waals surface area contributed by atoms with E-state index >= 15 is 0 Å². The van der Waals surface area contributed by atoms with Gasteiger partial charge in [0.1, 0.15) is 5.82 Å². The maximum atomic E-state index is 13.4. The topological polar surface area (TPSA) is 67.4 Å². The minimum Gasteiger partial charge on any atom is -0.462 e. The van der Waals surface area contributed by atoms with Crippen LogP contribution < -0.4 is 10.6 Å². The van der Waals surface area contributed by atoms with Crippen LogP contribution >= 0.6 is 15.9 Å². The van der Waals surface area contributed by atoms with Gasteiger partial charge in [0.2, 0.25) is 0 Å². The molecule has 1 aliphatic rings. The highest BCUT2D eigenvalue weighted by atomic mass is 79.9. The highest BCUT2D eigenvalue weighted by molar-refractivity contribution is 9.10. The molecule has 22 heavy (non-hydrogen) atoms. The third kappa shape index (κ3) is 3.47. The summed E-state index contributed by atoms with van der Waals surface area (Å²) in [5.41, 5.74) is 1.33. The number of ether oxygens (including phenoxy) is 1. The lowest BCUT2D eigenvalue weighted by Crippen LogP contribution is -2.45. The number of amides is 2. The van der Waals surface area contributed by atoms with E-state index < -0.39 is 23.9 Å². The fraction of sp³-hybridized carbons (Fsp3) is 0.333. The lowest BCUT2D eigenvalue weighted by molar-refractivity contribution is -0.139. The lowest BCUT2D eigenvalue weighted by Gasteiger charge is -2.28. The Morgan fingerprint density at radius 3 is 2.82 bits per heavy atom. The number of esters is 1. The minimum atomic E-state index is -0.685. The maximum Gasteiger partial charge on any atom is 0.338 e. The summed E-state index contributed by atoms with van der Waals surface area (Å²) in [6.45, 7) is 3.82. The zero-order chi connectivity index (χ0) is 16.3. The standard InChI is InChI=1S/C15H16BrFN2O3/c1-3-6-22-14(20)12-8(2)18-15(21)19-13(12)9-4-5-11(17)10(16)7-9/h4-5,7,13H,3,6H2,1-2H3,(H2,18,19,21)/t13-/m1/s1. The highest BCUT2D eigenvalue weighted by Crippen LogP contribution is 2.30. The second kappa shape index (κ2) is 6.91. The van der Waals surface area contributed by atoms with Crippen molar-refractivity contribution in [3.05, 3.63) is 45.3 Å². The predicted molar refractivity (Wildman–Crippen MR) is 82.5 cm³/mol. The molecule has 0 saturated heterocycles. The molecule has 0 fully saturated rings. The summed E-state index contributed by atoms with van der Waals surface area (Å²) in [6.07, 6.45) is 0.699. The van der Waals surface area contributed by atoms with E-state index in [9.17, 15) is 14.0 Å². The number of carbonyl (C=O) groups excluding carboxylic acids is 2. The first kappa shape index (κ1) is 16.5. The normalized spacial score (nSPS) is 17.8. The van der Waals surface area contributed by atoms with Crippen LogP contribution in [0.15, 0.2) is 33.9 Å². The molecule has 0 unspecified atom stereocenters. The number of halogens is 2. The van der Waals surface area contributed by atoms with E-state index in [2.05, 4.69) is 26.6 Å². The van der Waals surface area contributed by atoms with Crippen molar-refractivity contribution in [2.45, 2.75) is 26.3 Å². The van der Waals surface area contributed by atoms with E-state index in [0.717, 1.165) is 0 Å². The van der Waals surface area contributed by atoms with Gasteiger partial charge >= 0.3 is 12.0 Å². The summed E-state index contributed by atoms with van der Waals surface area (Å²) in [5.74, 6) is -0.919. The van der Waals surface area contributed by atoms with E-state index in [4.69, 9.17) is 4.74 Å². The van der Waals surface area contributed by atoms with Crippen molar-refractivity contribution in [3.8, 4) is 0 Å². The number of rotatable bonds is 4. The number of carbonyl (C=O) groups is 2. The van der Waals surface area contributed by atoms with Gasteiger partial charge in [-0.1, -0.05) is 13.0 Å². The molecule has 2 rings (SSSR count). The summed E-state index contributed by atoms with van der Waals surface area (Å²) in [7, 11) is 0. The van der Waals surface area contributed by atoms with Gasteiger partial charge in [-0.05, 0) is 47.0 Å². The van der Waals surface area contributed by atoms with Gasteiger partial charge < -0.3 is 15.4 Å². The van der Waals surface area contributed by atoms with E-state index in [-0.39, 0.29) is 4.47 Å². The smallest absolute Gasteiger partial charge is 0.338 e. The van der Waals surface area contributed by atoms with Gasteiger partial charge in [0.05, 0.1) is 22.7 Å². The monoisotopic (exact) mass is 370 g/mol. The second-order valence-electron chi connectivity index (χ2n) is 4.88. The van der Waals surface area contributed by atoms with Gasteiger partial charge in [-0.3, -0.25) is 0 Å². The number of nitrogens with one attached hydrogen (secondary N) is 2. The molecular weight excluding hydrogens is 355 g/mol. The minimum absolute atomic E-state index is 0.261. The van der Waals surface area contributed by atoms with Crippen molar-refractivity contribution in [1.29, 1.82) is 0 Å². The Labute approximate surface area is 136 Å². The number of allylic oxidation sites excluding steroid dienone is 1. The van der Waals surface area contributed by atoms with E-state index in [1.165, 1.54) is 18.2 Å². The van der Waals surface area contributed by atoms with Crippen molar-refractivity contribution in [2.75, 3.05) is 6.61 Å². The molecule has 0 aliphatic carbocycles. The molecule has 0 aromatic heterocycles. The zero-order valence-electron chi connectivity index (χ0n) is 12.2. The average molecular weight is 371 g/mol. The third-order valence-corrected chi connectivity index (χ3v) is 3.81. The van der Waals surface area contributed by atoms with Gasteiger partial charge in [0.25, 0.3) is 0 Å². The van der Waals surface area contributed by atoms with Gasteiger partial charge in [-0.25, -0.2) is 14.0 Å². The Kier molecular flexibility index (Phi) is 5.18. The fourth-order valence-electron chi connectivity index (χ4n) is 2.18. The van der Waals surface area contributed by atoms with Gasteiger partial charge in [-0.15, -0.1) is 0 Å². The molecule has 1 heterocycles. The molecule has 0 spiro atoms. The summed E-state index contributed by atoms with van der Waals surface area (Å²) in [6, 6.07) is 3.23. The molecule has 2 N–H and O–H groups in total. The van der Waals surface area contributed by atoms with E-state index in [1.807, 2.05) is 6.92 Å². The highest BCUT2D eigenvalue weighted by Gasteiger charge is 2.32. The molecule has 0 radical (unpaired) electrons. The Morgan fingerprint density at radius 1 is 1.45 bits per heavy atom. The molecule has 1 atom stereocenters. The lowest BCUT2D eigenvalue weighted by atomic mass is 9.95. The Bertz CT molecular complexity index is 646. The van der Waals surface area contributed by atoms with E-state index in [0.29, 0.717) is 29.9 Å². The van der Waals surface area contributed by atoms with Gasteiger partial charge in [0, 0.05) is 5.70 Å². The Hall–Kier alpha value is -1.89. The van der Waals surface area contributed by atoms with Crippen LogP contribution in [0.2, 0.25) is 0 Å². The largest absolute Gasteiger partial charge is 0.462 e. The van der Waals surface area contributed by atoms with Crippen LogP contribution in [0, 0.1) is 5.82 Å².